The summed E-state index contributed by atoms with van der Waals surface area (Å²) in [4.78, 5) is 34.9. The molecule has 1 aliphatic heterocycles. The maximum Gasteiger partial charge on any atom is 0.302 e. The molecule has 0 radical (unpaired) electrons. The van der Waals surface area contributed by atoms with Gasteiger partial charge >= 0.3 is 5.97 Å². The molecule has 1 aromatic carbocycles. The smallest absolute Gasteiger partial charge is 0.302 e. The third-order valence-corrected chi connectivity index (χ3v) is 7.60. The molecule has 12 heteroatoms. The summed E-state index contributed by atoms with van der Waals surface area (Å²) in [6.07, 6.45) is 2.86. The Morgan fingerprint density at radius 1 is 1.31 bits per heavy atom. The van der Waals surface area contributed by atoms with Crippen molar-refractivity contribution in [3.63, 3.8) is 0 Å². The van der Waals surface area contributed by atoms with Crippen LogP contribution in [0.4, 0.5) is 15.9 Å². The molecule has 9 nitrogen and oxygen atoms in total. The highest BCUT2D eigenvalue weighted by Crippen LogP contribution is 2.38. The predicted octanol–water partition coefficient (Wildman–Crippen LogP) is 4.01. The van der Waals surface area contributed by atoms with Gasteiger partial charge in [0.25, 0.3) is 5.91 Å². The molecule has 1 fully saturated rings. The van der Waals surface area contributed by atoms with E-state index >= 15 is 0 Å². The number of anilines is 2. The van der Waals surface area contributed by atoms with Crippen LogP contribution >= 0.6 is 33.9 Å². The first-order valence-electron chi connectivity index (χ1n) is 11.1. The van der Waals surface area contributed by atoms with Crippen molar-refractivity contribution < 1.29 is 23.5 Å². The van der Waals surface area contributed by atoms with E-state index in [0.29, 0.717) is 44.5 Å². The zero-order valence-electron chi connectivity index (χ0n) is 19.1. The van der Waals surface area contributed by atoms with E-state index < -0.39 is 11.7 Å². The predicted molar refractivity (Wildman–Crippen MR) is 140 cm³/mol. The fourth-order valence-corrected chi connectivity index (χ4v) is 6.02. The van der Waals surface area contributed by atoms with Gasteiger partial charge in [-0.05, 0) is 30.5 Å². The number of piperidine rings is 1. The average Bonchev–Trinajstić information content (AvgIpc) is 3.22. The van der Waals surface area contributed by atoms with Crippen molar-refractivity contribution in [2.24, 2.45) is 5.73 Å². The highest BCUT2D eigenvalue weighted by molar-refractivity contribution is 14.1. The van der Waals surface area contributed by atoms with Crippen LogP contribution in [0.15, 0.2) is 24.5 Å². The second kappa shape index (κ2) is 11.4. The molecule has 1 aliphatic rings. The van der Waals surface area contributed by atoms with Crippen LogP contribution in [0.25, 0.3) is 10.2 Å². The van der Waals surface area contributed by atoms with Crippen molar-refractivity contribution >= 4 is 67.5 Å². The van der Waals surface area contributed by atoms with E-state index in [-0.39, 0.29) is 12.1 Å². The van der Waals surface area contributed by atoms with Gasteiger partial charge in [0.2, 0.25) is 0 Å². The van der Waals surface area contributed by atoms with Gasteiger partial charge < -0.3 is 20.5 Å². The Morgan fingerprint density at radius 2 is 2.09 bits per heavy atom. The highest BCUT2D eigenvalue weighted by Gasteiger charge is 2.23. The summed E-state index contributed by atoms with van der Waals surface area (Å²) >= 11 is 3.41. The number of rotatable bonds is 9. The zero-order valence-corrected chi connectivity index (χ0v) is 22.0. The molecule has 4 rings (SSSR count). The Morgan fingerprint density at radius 3 is 2.77 bits per heavy atom. The van der Waals surface area contributed by atoms with Gasteiger partial charge in [0, 0.05) is 37.1 Å². The van der Waals surface area contributed by atoms with Crippen LogP contribution in [0, 0.1) is 5.82 Å². The molecule has 0 atom stereocenters. The first-order valence-corrected chi connectivity index (χ1v) is 13.4. The summed E-state index contributed by atoms with van der Waals surface area (Å²) in [7, 11) is 0. The number of primary amides is 1. The minimum atomic E-state index is -0.504. The Bertz CT molecular complexity index is 1230. The number of esters is 1. The van der Waals surface area contributed by atoms with E-state index in [0.717, 1.165) is 36.9 Å². The van der Waals surface area contributed by atoms with Crippen molar-refractivity contribution in [3.05, 3.63) is 40.8 Å². The molecule has 0 unspecified atom stereocenters. The summed E-state index contributed by atoms with van der Waals surface area (Å²) in [5.41, 5.74) is 6.90. The molecule has 0 bridgehead atoms. The molecule has 186 valence electrons. The van der Waals surface area contributed by atoms with Crippen molar-refractivity contribution in [3.8, 4) is 5.75 Å². The molecule has 3 heterocycles. The SMILES string of the molecule is CC(=O)OCCN1CCC(Oc2cc(F)ccc2Nc2ncnc3sc(C(N)=O)c(CI)c23)CC1. The van der Waals surface area contributed by atoms with Crippen molar-refractivity contribution in [1.29, 1.82) is 0 Å². The minimum absolute atomic E-state index is 0.0831. The van der Waals surface area contributed by atoms with E-state index in [1.165, 1.54) is 36.7 Å². The monoisotopic (exact) mass is 613 g/mol. The highest BCUT2D eigenvalue weighted by atomic mass is 127. The molecule has 2 aromatic heterocycles. The second-order valence-electron chi connectivity index (χ2n) is 8.07. The summed E-state index contributed by atoms with van der Waals surface area (Å²) < 4.78 is 25.9. The van der Waals surface area contributed by atoms with Gasteiger partial charge in [-0.1, -0.05) is 22.6 Å². The van der Waals surface area contributed by atoms with Crippen LogP contribution in [0.1, 0.15) is 35.0 Å². The standard InChI is InChI=1S/C23H25FIN5O4S/c1-13(31)33-9-8-30-6-4-15(5-7-30)34-18-10-14(24)2-3-17(18)29-22-19-16(11-25)20(21(26)32)35-23(19)28-12-27-22/h2-3,10,12,15H,4-9,11H2,1H3,(H2,26,32)(H,27,28,29). The van der Waals surface area contributed by atoms with Gasteiger partial charge in [0.15, 0.2) is 0 Å². The number of nitrogens with two attached hydrogens (primary N) is 1. The van der Waals surface area contributed by atoms with Crippen LogP contribution in [-0.2, 0) is 14.0 Å². The normalized spacial score (nSPS) is 14.7. The number of hydrogen-bond donors (Lipinski definition) is 2. The Hall–Kier alpha value is -2.58. The van der Waals surface area contributed by atoms with E-state index in [9.17, 15) is 14.0 Å². The molecule has 0 spiro atoms. The van der Waals surface area contributed by atoms with Gasteiger partial charge in [-0.2, -0.15) is 0 Å². The maximum absolute atomic E-state index is 14.1. The van der Waals surface area contributed by atoms with E-state index in [1.807, 2.05) is 0 Å². The number of alkyl halides is 1. The van der Waals surface area contributed by atoms with Crippen molar-refractivity contribution in [2.45, 2.75) is 30.3 Å². The van der Waals surface area contributed by atoms with E-state index in [1.54, 1.807) is 6.07 Å². The van der Waals surface area contributed by atoms with Crippen LogP contribution in [0.2, 0.25) is 0 Å². The number of hydrogen-bond acceptors (Lipinski definition) is 9. The zero-order chi connectivity index (χ0) is 24.9. The lowest BCUT2D eigenvalue weighted by Crippen LogP contribution is -2.40. The Balaban J connectivity index is 1.51. The lowest BCUT2D eigenvalue weighted by molar-refractivity contribution is -0.141. The van der Waals surface area contributed by atoms with E-state index in [2.05, 4.69) is 42.8 Å². The molecule has 3 N–H and O–H groups in total. The lowest BCUT2D eigenvalue weighted by atomic mass is 10.1. The summed E-state index contributed by atoms with van der Waals surface area (Å²) in [6, 6.07) is 4.32. The van der Waals surface area contributed by atoms with Crippen LogP contribution in [0.3, 0.4) is 0 Å². The van der Waals surface area contributed by atoms with Gasteiger partial charge in [-0.3, -0.25) is 14.5 Å². The number of fused-ring (bicyclic) bond motifs is 1. The summed E-state index contributed by atoms with van der Waals surface area (Å²) in [5, 5.41) is 3.98. The van der Waals surface area contributed by atoms with Crippen molar-refractivity contribution in [1.82, 2.24) is 14.9 Å². The third kappa shape index (κ3) is 6.16. The summed E-state index contributed by atoms with van der Waals surface area (Å²) in [5.74, 6) is -0.305. The van der Waals surface area contributed by atoms with Crippen LogP contribution in [-0.4, -0.2) is 59.1 Å². The number of amides is 1. The topological polar surface area (TPSA) is 120 Å². The van der Waals surface area contributed by atoms with Gasteiger partial charge in [0.05, 0.1) is 16.0 Å². The van der Waals surface area contributed by atoms with Gasteiger partial charge in [-0.25, -0.2) is 14.4 Å². The Kier molecular flexibility index (Phi) is 8.34. The molecule has 35 heavy (non-hydrogen) atoms. The average molecular weight is 613 g/mol. The lowest BCUT2D eigenvalue weighted by Gasteiger charge is -2.32. The second-order valence-corrected chi connectivity index (χ2v) is 9.84. The fourth-order valence-electron chi connectivity index (χ4n) is 3.99. The number of aromatic nitrogens is 2. The van der Waals surface area contributed by atoms with E-state index in [4.69, 9.17) is 15.2 Å². The number of carbonyl (C=O) groups excluding carboxylic acids is 2. The number of benzene rings is 1. The number of thiophene rings is 1. The molecule has 0 saturated carbocycles. The van der Waals surface area contributed by atoms with Crippen molar-refractivity contribution in [2.75, 3.05) is 31.6 Å². The number of halogens is 2. The number of nitrogens with zero attached hydrogens (tertiary/aromatic N) is 3. The van der Waals surface area contributed by atoms with Gasteiger partial charge in [0.1, 0.15) is 41.3 Å². The molecular weight excluding hydrogens is 588 g/mol. The van der Waals surface area contributed by atoms with Crippen LogP contribution < -0.4 is 15.8 Å². The number of nitrogens with one attached hydrogen (secondary N) is 1. The first kappa shape index (κ1) is 25.5. The molecule has 1 amide bonds. The minimum Gasteiger partial charge on any atom is -0.488 e. The third-order valence-electron chi connectivity index (χ3n) is 5.68. The molecule has 3 aromatic rings. The number of likely N-dealkylation sites (tertiary alicyclic amines) is 1. The molecular formula is C23H25FIN5O4S. The number of carbonyl (C=O) groups is 2. The largest absolute Gasteiger partial charge is 0.488 e. The number of ether oxygens (including phenoxy) is 2. The fraction of sp³-hybridized carbons (Fsp3) is 0.391. The maximum atomic E-state index is 14.1. The molecule has 1 saturated heterocycles. The quantitative estimate of drug-likeness (QED) is 0.211. The van der Waals surface area contributed by atoms with Crippen LogP contribution in [0.5, 0.6) is 5.75 Å². The Labute approximate surface area is 219 Å². The molecule has 0 aliphatic carbocycles. The summed E-state index contributed by atoms with van der Waals surface area (Å²) in [6.45, 7) is 4.02. The first-order chi connectivity index (χ1) is 16.9. The van der Waals surface area contributed by atoms with Gasteiger partial charge in [-0.15, -0.1) is 11.3 Å².